The molecule has 3 heterocycles. The maximum atomic E-state index is 13.3. The number of nitrogens with zero attached hydrogens (tertiary/aromatic N) is 3. The average molecular weight is 456 g/mol. The molecule has 1 fully saturated rings. The van der Waals surface area contributed by atoms with Gasteiger partial charge in [0.05, 0.1) is 18.2 Å². The van der Waals surface area contributed by atoms with Gasteiger partial charge in [-0.1, -0.05) is 12.1 Å². The Morgan fingerprint density at radius 2 is 1.82 bits per heavy atom. The van der Waals surface area contributed by atoms with Crippen molar-refractivity contribution in [1.82, 2.24) is 9.88 Å². The third-order valence-corrected chi connectivity index (χ3v) is 6.33. The molecule has 2 aliphatic rings. The van der Waals surface area contributed by atoms with Crippen LogP contribution < -0.4 is 9.64 Å². The van der Waals surface area contributed by atoms with E-state index in [4.69, 9.17) is 4.74 Å². The van der Waals surface area contributed by atoms with Crippen LogP contribution in [0.15, 0.2) is 72.6 Å². The quantitative estimate of drug-likeness (QED) is 0.359. The summed E-state index contributed by atoms with van der Waals surface area (Å²) in [6.45, 7) is 0.816. The summed E-state index contributed by atoms with van der Waals surface area (Å²) in [6.07, 6.45) is 4.04. The number of benzene rings is 2. The molecule has 172 valence electrons. The lowest BCUT2D eigenvalue weighted by Gasteiger charge is -2.26. The number of aromatic nitrogens is 1. The van der Waals surface area contributed by atoms with E-state index in [0.29, 0.717) is 12.2 Å². The minimum absolute atomic E-state index is 0.0931. The van der Waals surface area contributed by atoms with Gasteiger partial charge in [0.25, 0.3) is 11.7 Å². The summed E-state index contributed by atoms with van der Waals surface area (Å²) in [5.41, 5.74) is 4.17. The summed E-state index contributed by atoms with van der Waals surface area (Å²) in [7, 11) is 3.89. The monoisotopic (exact) mass is 455 g/mol. The van der Waals surface area contributed by atoms with Crippen molar-refractivity contribution in [3.05, 3.63) is 94.8 Å². The van der Waals surface area contributed by atoms with Gasteiger partial charge in [0.1, 0.15) is 11.5 Å². The van der Waals surface area contributed by atoms with E-state index in [1.165, 1.54) is 4.90 Å². The van der Waals surface area contributed by atoms with Crippen molar-refractivity contribution >= 4 is 23.1 Å². The number of pyridine rings is 1. The van der Waals surface area contributed by atoms with Crippen LogP contribution in [-0.2, 0) is 22.6 Å². The predicted octanol–water partition coefficient (Wildman–Crippen LogP) is 3.70. The molecule has 0 bridgehead atoms. The highest BCUT2D eigenvalue weighted by atomic mass is 16.5. The van der Waals surface area contributed by atoms with Crippen LogP contribution in [0.25, 0.3) is 5.76 Å². The first-order valence-electron chi connectivity index (χ1n) is 11.1. The van der Waals surface area contributed by atoms with Crippen molar-refractivity contribution in [2.45, 2.75) is 19.0 Å². The molecular weight excluding hydrogens is 430 g/mol. The maximum Gasteiger partial charge on any atom is 0.295 e. The molecule has 0 spiro atoms. The molecule has 0 aliphatic carbocycles. The summed E-state index contributed by atoms with van der Waals surface area (Å²) in [5, 5.41) is 11.3. The van der Waals surface area contributed by atoms with Crippen LogP contribution in [0, 0.1) is 0 Å². The lowest BCUT2D eigenvalue weighted by molar-refractivity contribution is -0.140. The fourth-order valence-corrected chi connectivity index (χ4v) is 4.52. The Morgan fingerprint density at radius 3 is 2.53 bits per heavy atom. The molecule has 7 nitrogen and oxygen atoms in total. The van der Waals surface area contributed by atoms with E-state index in [1.807, 2.05) is 61.5 Å². The second-order valence-corrected chi connectivity index (χ2v) is 8.69. The summed E-state index contributed by atoms with van der Waals surface area (Å²) >= 11 is 0. The zero-order chi connectivity index (χ0) is 23.8. The number of anilines is 1. The number of ether oxygens (including phenoxy) is 1. The van der Waals surface area contributed by atoms with E-state index in [0.717, 1.165) is 34.5 Å². The van der Waals surface area contributed by atoms with E-state index < -0.39 is 17.7 Å². The Balaban J connectivity index is 1.63. The van der Waals surface area contributed by atoms with Gasteiger partial charge in [-0.3, -0.25) is 14.6 Å². The van der Waals surface area contributed by atoms with Gasteiger partial charge in [-0.15, -0.1) is 0 Å². The van der Waals surface area contributed by atoms with Gasteiger partial charge < -0.3 is 19.6 Å². The standard InChI is InChI=1S/C27H25N3O4/c1-29(2)21-6-3-18(4-7-21)24-23(25(31)20-5-8-22-19(15-20)11-14-34-22)26(32)27(33)30(24)16-17-9-12-28-13-10-17/h3-10,12-13,15,24,31H,11,14,16H2,1-2H3/b25-23-. The van der Waals surface area contributed by atoms with Crippen molar-refractivity contribution in [2.75, 3.05) is 25.6 Å². The van der Waals surface area contributed by atoms with Gasteiger partial charge in [-0.05, 0) is 59.2 Å². The Labute approximate surface area is 197 Å². The fourth-order valence-electron chi connectivity index (χ4n) is 4.52. The number of likely N-dealkylation sites (tertiary alicyclic amines) is 1. The number of Topliss-reactive ketones (excluding diaryl/α,β-unsaturated/α-hetero) is 1. The molecule has 1 atom stereocenters. The molecule has 34 heavy (non-hydrogen) atoms. The number of fused-ring (bicyclic) bond motifs is 1. The van der Waals surface area contributed by atoms with Crippen molar-refractivity contribution < 1.29 is 19.4 Å². The number of carbonyl (C=O) groups excluding carboxylic acids is 2. The van der Waals surface area contributed by atoms with Crippen LogP contribution in [0.5, 0.6) is 5.75 Å². The Morgan fingerprint density at radius 1 is 1.09 bits per heavy atom. The SMILES string of the molecule is CN(C)c1ccc(C2/C(=C(/O)c3ccc4c(c3)CCO4)C(=O)C(=O)N2Cc2ccncc2)cc1. The van der Waals surface area contributed by atoms with E-state index >= 15 is 0 Å². The second-order valence-electron chi connectivity index (χ2n) is 8.69. The molecule has 1 saturated heterocycles. The molecule has 2 aliphatic heterocycles. The van der Waals surface area contributed by atoms with E-state index in [2.05, 4.69) is 4.98 Å². The highest BCUT2D eigenvalue weighted by Gasteiger charge is 2.46. The smallest absolute Gasteiger partial charge is 0.295 e. The molecule has 1 unspecified atom stereocenters. The van der Waals surface area contributed by atoms with Crippen LogP contribution in [-0.4, -0.2) is 47.4 Å². The number of amides is 1. The minimum Gasteiger partial charge on any atom is -0.507 e. The Bertz CT molecular complexity index is 1280. The van der Waals surface area contributed by atoms with Gasteiger partial charge in [0.2, 0.25) is 0 Å². The molecule has 1 amide bonds. The Kier molecular flexibility index (Phi) is 5.53. The van der Waals surface area contributed by atoms with Crippen LogP contribution >= 0.6 is 0 Å². The van der Waals surface area contributed by atoms with Gasteiger partial charge in [0.15, 0.2) is 0 Å². The molecule has 1 N–H and O–H groups in total. The zero-order valence-corrected chi connectivity index (χ0v) is 19.1. The van der Waals surface area contributed by atoms with Gasteiger partial charge in [-0.2, -0.15) is 0 Å². The molecule has 0 saturated carbocycles. The largest absolute Gasteiger partial charge is 0.507 e. The highest BCUT2D eigenvalue weighted by Crippen LogP contribution is 2.41. The van der Waals surface area contributed by atoms with Crippen molar-refractivity contribution in [1.29, 1.82) is 0 Å². The van der Waals surface area contributed by atoms with Crippen LogP contribution in [0.4, 0.5) is 5.69 Å². The average Bonchev–Trinajstić information content (AvgIpc) is 3.42. The summed E-state index contributed by atoms with van der Waals surface area (Å²) < 4.78 is 5.57. The fraction of sp³-hybridized carbons (Fsp3) is 0.222. The minimum atomic E-state index is -0.714. The third-order valence-electron chi connectivity index (χ3n) is 6.33. The molecule has 3 aromatic rings. The third kappa shape index (κ3) is 3.79. The summed E-state index contributed by atoms with van der Waals surface area (Å²) in [5.74, 6) is -0.716. The number of hydrogen-bond acceptors (Lipinski definition) is 6. The van der Waals surface area contributed by atoms with Gasteiger partial charge >= 0.3 is 0 Å². The van der Waals surface area contributed by atoms with E-state index in [9.17, 15) is 14.7 Å². The summed E-state index contributed by atoms with van der Waals surface area (Å²) in [4.78, 5) is 34.0. The lowest BCUT2D eigenvalue weighted by atomic mass is 9.94. The molecule has 5 rings (SSSR count). The second kappa shape index (κ2) is 8.67. The number of hydrogen-bond donors (Lipinski definition) is 1. The molecule has 0 radical (unpaired) electrons. The number of rotatable bonds is 5. The molecule has 7 heteroatoms. The molecular formula is C27H25N3O4. The van der Waals surface area contributed by atoms with Gasteiger partial charge in [0, 0.05) is 50.7 Å². The van der Waals surface area contributed by atoms with Crippen molar-refractivity contribution in [3.8, 4) is 5.75 Å². The van der Waals surface area contributed by atoms with E-state index in [-0.39, 0.29) is 17.9 Å². The molecule has 2 aromatic carbocycles. The zero-order valence-electron chi connectivity index (χ0n) is 19.1. The first kappa shape index (κ1) is 21.7. The highest BCUT2D eigenvalue weighted by molar-refractivity contribution is 6.46. The van der Waals surface area contributed by atoms with Crippen LogP contribution in [0.3, 0.4) is 0 Å². The molecule has 1 aromatic heterocycles. The lowest BCUT2D eigenvalue weighted by Crippen LogP contribution is -2.29. The number of aliphatic hydroxyl groups excluding tert-OH is 1. The van der Waals surface area contributed by atoms with E-state index in [1.54, 1.807) is 24.5 Å². The van der Waals surface area contributed by atoms with Crippen molar-refractivity contribution in [2.24, 2.45) is 0 Å². The predicted molar refractivity (Wildman–Crippen MR) is 128 cm³/mol. The topological polar surface area (TPSA) is 83.0 Å². The number of carbonyl (C=O) groups is 2. The number of ketones is 1. The maximum absolute atomic E-state index is 13.3. The van der Waals surface area contributed by atoms with Crippen molar-refractivity contribution in [3.63, 3.8) is 0 Å². The normalized spacial score (nSPS) is 18.6. The van der Waals surface area contributed by atoms with Crippen LogP contribution in [0.2, 0.25) is 0 Å². The Hall–Kier alpha value is -4.13. The summed E-state index contributed by atoms with van der Waals surface area (Å²) in [6, 6.07) is 15.9. The van der Waals surface area contributed by atoms with Crippen LogP contribution in [0.1, 0.15) is 28.3 Å². The van der Waals surface area contributed by atoms with Gasteiger partial charge in [-0.25, -0.2) is 0 Å². The first-order valence-corrected chi connectivity index (χ1v) is 11.1. The number of aliphatic hydroxyl groups is 1. The first-order chi connectivity index (χ1) is 16.4.